The van der Waals surface area contributed by atoms with Gasteiger partial charge in [-0.05, 0) is 35.9 Å². The van der Waals surface area contributed by atoms with Gasteiger partial charge >= 0.3 is 10.3 Å². The van der Waals surface area contributed by atoms with E-state index in [-0.39, 0.29) is 11.3 Å². The van der Waals surface area contributed by atoms with E-state index in [4.69, 9.17) is 16.2 Å². The number of carbonyl (C=O) groups is 2. The highest BCUT2D eigenvalue weighted by atomic mass is 35.5. The molecule has 0 atom stereocenters. The van der Waals surface area contributed by atoms with Crippen LogP contribution in [-0.4, -0.2) is 43.6 Å². The Kier molecular flexibility index (Phi) is 7.05. The summed E-state index contributed by atoms with van der Waals surface area (Å²) in [5.74, 6) is 0. The summed E-state index contributed by atoms with van der Waals surface area (Å²) < 4.78 is 31.0. The van der Waals surface area contributed by atoms with Gasteiger partial charge in [-0.1, -0.05) is 0 Å². The largest absolute Gasteiger partial charge is 0.357 e. The first kappa shape index (κ1) is 17.4. The molecule has 0 aliphatic rings. The fourth-order valence-corrected chi connectivity index (χ4v) is 1.38. The van der Waals surface area contributed by atoms with Crippen molar-refractivity contribution in [1.29, 1.82) is 0 Å². The zero-order valence-corrected chi connectivity index (χ0v) is 11.8. The summed E-state index contributed by atoms with van der Waals surface area (Å²) in [6.45, 7) is 0. The number of nitrogens with zero attached hydrogens (tertiary/aromatic N) is 1. The van der Waals surface area contributed by atoms with Gasteiger partial charge in [0, 0.05) is 19.7 Å². The molecule has 1 amide bonds. The molecule has 0 aromatic heterocycles. The highest BCUT2D eigenvalue weighted by Crippen LogP contribution is 2.11. The maximum atomic E-state index is 10.6. The smallest absolute Gasteiger partial charge is 0.351 e. The quantitative estimate of drug-likeness (QED) is 0.490. The van der Waals surface area contributed by atoms with Crippen LogP contribution in [0.4, 0.5) is 5.69 Å². The zero-order chi connectivity index (χ0) is 15.1. The summed E-state index contributed by atoms with van der Waals surface area (Å²) in [5, 5.41) is -0.636. The third kappa shape index (κ3) is 9.00. The molecule has 0 fully saturated rings. The van der Waals surface area contributed by atoms with Crippen molar-refractivity contribution in [2.45, 2.75) is 0 Å². The van der Waals surface area contributed by atoms with Gasteiger partial charge in [0.25, 0.3) is 5.24 Å². The van der Waals surface area contributed by atoms with Crippen molar-refractivity contribution < 1.29 is 22.6 Å². The molecule has 1 rings (SSSR count). The fraction of sp³-hybridized carbons (Fsp3) is 0.200. The van der Waals surface area contributed by atoms with Crippen LogP contribution in [0.1, 0.15) is 10.4 Å². The third-order valence-electron chi connectivity index (χ3n) is 1.57. The van der Waals surface area contributed by atoms with E-state index in [1.54, 1.807) is 14.1 Å². The Morgan fingerprint density at radius 3 is 2.00 bits per heavy atom. The number of amides is 1. The minimum Gasteiger partial charge on any atom is -0.351 e. The van der Waals surface area contributed by atoms with Gasteiger partial charge < -0.3 is 4.90 Å². The lowest BCUT2D eigenvalue weighted by Gasteiger charge is -2.01. The monoisotopic (exact) mass is 308 g/mol. The molecular formula is C10H13ClN2O5S. The number of hydrogen-bond acceptors (Lipinski definition) is 4. The Labute approximate surface area is 116 Å². The standard InChI is InChI=1S/C7H6ClNO4S.C3H7NO/c8-7(10)5-1-3-6(4-2-5)9-14(11,12)13;1-4(2)3-5/h1-4,9H,(H,11,12,13);3H,1-2H3. The highest BCUT2D eigenvalue weighted by Gasteiger charge is 2.05. The van der Waals surface area contributed by atoms with Crippen LogP contribution >= 0.6 is 11.6 Å². The molecule has 1 aromatic carbocycles. The lowest BCUT2D eigenvalue weighted by Crippen LogP contribution is -2.10. The molecule has 0 unspecified atom stereocenters. The molecule has 0 saturated carbocycles. The Hall–Kier alpha value is -1.64. The number of rotatable bonds is 4. The van der Waals surface area contributed by atoms with Gasteiger partial charge in [-0.15, -0.1) is 0 Å². The molecule has 0 heterocycles. The first-order chi connectivity index (χ1) is 8.65. The Bertz CT molecular complexity index is 527. The minimum absolute atomic E-state index is 0.147. The molecule has 0 radical (unpaired) electrons. The van der Waals surface area contributed by atoms with E-state index in [2.05, 4.69) is 0 Å². The van der Waals surface area contributed by atoms with Crippen LogP contribution in [-0.2, 0) is 15.1 Å². The second-order valence-corrected chi connectivity index (χ2v) is 4.99. The SMILES string of the molecule is CN(C)C=O.O=C(Cl)c1ccc(NS(=O)(=O)O)cc1. The number of hydrogen-bond donors (Lipinski definition) is 2. The first-order valence-corrected chi connectivity index (χ1v) is 6.64. The van der Waals surface area contributed by atoms with Crippen LogP contribution < -0.4 is 4.72 Å². The van der Waals surface area contributed by atoms with Gasteiger partial charge in [0.1, 0.15) is 0 Å². The molecule has 9 heteroatoms. The summed E-state index contributed by atoms with van der Waals surface area (Å²) >= 11 is 5.16. The maximum Gasteiger partial charge on any atom is 0.357 e. The normalized spacial score (nSPS) is 9.89. The number of halogens is 1. The second-order valence-electron chi connectivity index (χ2n) is 3.50. The number of nitrogens with one attached hydrogen (secondary N) is 1. The van der Waals surface area contributed by atoms with Crippen molar-refractivity contribution in [2.24, 2.45) is 0 Å². The van der Waals surface area contributed by atoms with Crippen LogP contribution in [0.25, 0.3) is 0 Å². The molecule has 0 bridgehead atoms. The van der Waals surface area contributed by atoms with E-state index in [0.717, 1.165) is 6.41 Å². The van der Waals surface area contributed by atoms with Crippen molar-refractivity contribution >= 4 is 39.2 Å². The van der Waals surface area contributed by atoms with Crippen molar-refractivity contribution in [3.05, 3.63) is 29.8 Å². The molecule has 19 heavy (non-hydrogen) atoms. The average molecular weight is 309 g/mol. The molecule has 0 saturated heterocycles. The number of anilines is 1. The number of carbonyl (C=O) groups excluding carboxylic acids is 2. The third-order valence-corrected chi connectivity index (χ3v) is 2.28. The van der Waals surface area contributed by atoms with Crippen molar-refractivity contribution in [1.82, 2.24) is 4.90 Å². The second kappa shape index (κ2) is 7.72. The minimum atomic E-state index is -4.28. The maximum absolute atomic E-state index is 10.6. The Morgan fingerprint density at radius 1 is 1.32 bits per heavy atom. The first-order valence-electron chi connectivity index (χ1n) is 4.82. The van der Waals surface area contributed by atoms with E-state index >= 15 is 0 Å². The van der Waals surface area contributed by atoms with Crippen molar-refractivity contribution in [2.75, 3.05) is 18.8 Å². The molecule has 0 spiro atoms. The van der Waals surface area contributed by atoms with Crippen molar-refractivity contribution in [3.8, 4) is 0 Å². The van der Waals surface area contributed by atoms with Gasteiger partial charge in [-0.2, -0.15) is 8.42 Å². The van der Waals surface area contributed by atoms with Crippen LogP contribution in [0, 0.1) is 0 Å². The van der Waals surface area contributed by atoms with E-state index in [1.807, 2.05) is 4.72 Å². The summed E-state index contributed by atoms with van der Waals surface area (Å²) in [7, 11) is -0.903. The molecule has 1 aromatic rings. The molecule has 0 aliphatic carbocycles. The van der Waals surface area contributed by atoms with E-state index in [0.29, 0.717) is 0 Å². The number of benzene rings is 1. The predicted molar refractivity (Wildman–Crippen MR) is 71.5 cm³/mol. The molecule has 2 N–H and O–H groups in total. The van der Waals surface area contributed by atoms with E-state index in [9.17, 15) is 18.0 Å². The van der Waals surface area contributed by atoms with Crippen molar-refractivity contribution in [3.63, 3.8) is 0 Å². The van der Waals surface area contributed by atoms with Crippen LogP contribution in [0.15, 0.2) is 24.3 Å². The van der Waals surface area contributed by atoms with E-state index in [1.165, 1.54) is 29.2 Å². The molecule has 106 valence electrons. The van der Waals surface area contributed by atoms with Gasteiger partial charge in [0.2, 0.25) is 6.41 Å². The Balaban J connectivity index is 0.000000555. The van der Waals surface area contributed by atoms with Crippen LogP contribution in [0.2, 0.25) is 0 Å². The van der Waals surface area contributed by atoms with Gasteiger partial charge in [0.15, 0.2) is 0 Å². The van der Waals surface area contributed by atoms with Crippen LogP contribution in [0.3, 0.4) is 0 Å². The van der Waals surface area contributed by atoms with Gasteiger partial charge in [0.05, 0.1) is 5.69 Å². The fourth-order valence-electron chi connectivity index (χ4n) is 0.818. The lowest BCUT2D eigenvalue weighted by atomic mass is 10.2. The van der Waals surface area contributed by atoms with E-state index < -0.39 is 15.5 Å². The average Bonchev–Trinajstić information content (AvgIpc) is 2.28. The summed E-state index contributed by atoms with van der Waals surface area (Å²) in [4.78, 5) is 21.5. The van der Waals surface area contributed by atoms with Gasteiger partial charge in [-0.3, -0.25) is 18.9 Å². The molecular weight excluding hydrogens is 296 g/mol. The summed E-state index contributed by atoms with van der Waals surface area (Å²) in [5.41, 5.74) is 0.390. The molecule has 0 aliphatic heterocycles. The summed E-state index contributed by atoms with van der Waals surface area (Å²) in [6.07, 6.45) is 0.750. The topological polar surface area (TPSA) is 104 Å². The highest BCUT2D eigenvalue weighted by molar-refractivity contribution is 7.87. The Morgan fingerprint density at radius 2 is 1.74 bits per heavy atom. The predicted octanol–water partition coefficient (Wildman–Crippen LogP) is 0.985. The van der Waals surface area contributed by atoms with Crippen LogP contribution in [0.5, 0.6) is 0 Å². The summed E-state index contributed by atoms with van der Waals surface area (Å²) in [6, 6.07) is 5.29. The molecule has 7 nitrogen and oxygen atoms in total. The zero-order valence-electron chi connectivity index (χ0n) is 10.2. The van der Waals surface area contributed by atoms with Gasteiger partial charge in [-0.25, -0.2) is 0 Å². The lowest BCUT2D eigenvalue weighted by molar-refractivity contribution is -0.115.